The smallest absolute Gasteiger partial charge is 0.335 e. The van der Waals surface area contributed by atoms with Crippen molar-refractivity contribution in [2.24, 2.45) is 11.3 Å². The summed E-state index contributed by atoms with van der Waals surface area (Å²) in [4.78, 5) is 24.5. The fourth-order valence-corrected chi connectivity index (χ4v) is 5.24. The third-order valence-corrected chi connectivity index (χ3v) is 6.41. The minimum Gasteiger partial charge on any atom is -0.478 e. The maximum absolute atomic E-state index is 12.9. The van der Waals surface area contributed by atoms with Gasteiger partial charge >= 0.3 is 5.97 Å². The van der Waals surface area contributed by atoms with Gasteiger partial charge in [0.05, 0.1) is 5.56 Å². The zero-order chi connectivity index (χ0) is 17.0. The van der Waals surface area contributed by atoms with Gasteiger partial charge in [0.1, 0.15) is 0 Å². The van der Waals surface area contributed by atoms with Gasteiger partial charge in [-0.1, -0.05) is 40.2 Å². The molecule has 2 aliphatic rings. The molecule has 1 aromatic carbocycles. The van der Waals surface area contributed by atoms with E-state index in [4.69, 9.17) is 0 Å². The topological polar surface area (TPSA) is 54.4 Å². The zero-order valence-electron chi connectivity index (χ0n) is 14.5. The molecule has 2 unspecified atom stereocenters. The SMILES string of the molecule is CCc1c(C(=O)O)ccc2c1C(=O)CC1C(C)(C)CCCC21C. The molecule has 0 aromatic heterocycles. The molecule has 0 bridgehead atoms. The molecule has 1 fully saturated rings. The van der Waals surface area contributed by atoms with E-state index in [1.807, 2.05) is 13.0 Å². The Morgan fingerprint density at radius 2 is 1.96 bits per heavy atom. The van der Waals surface area contributed by atoms with Crippen molar-refractivity contribution in [2.75, 3.05) is 0 Å². The van der Waals surface area contributed by atoms with E-state index in [0.29, 0.717) is 24.3 Å². The normalized spacial score (nSPS) is 28.9. The number of carbonyl (C=O) groups is 2. The van der Waals surface area contributed by atoms with E-state index in [-0.39, 0.29) is 22.2 Å². The second-order valence-corrected chi connectivity index (χ2v) is 8.11. The Bertz CT molecular complexity index is 686. The second kappa shape index (κ2) is 5.19. The first-order valence-electron chi connectivity index (χ1n) is 8.65. The van der Waals surface area contributed by atoms with Crippen LogP contribution in [-0.2, 0) is 11.8 Å². The summed E-state index contributed by atoms with van der Waals surface area (Å²) in [6, 6.07) is 3.63. The standard InChI is InChI=1S/C20H26O3/c1-5-12-13(18(22)23)7-8-14-17(12)15(21)11-16-19(2,3)9-6-10-20(14,16)4/h7-8,16H,5-6,9-11H2,1-4H3,(H,22,23). The van der Waals surface area contributed by atoms with Gasteiger partial charge in [-0.05, 0) is 53.2 Å². The van der Waals surface area contributed by atoms with Crippen LogP contribution in [0.15, 0.2) is 12.1 Å². The van der Waals surface area contributed by atoms with Crippen molar-refractivity contribution in [1.82, 2.24) is 0 Å². The van der Waals surface area contributed by atoms with Crippen LogP contribution in [-0.4, -0.2) is 16.9 Å². The maximum atomic E-state index is 12.9. The minimum absolute atomic E-state index is 0.0219. The van der Waals surface area contributed by atoms with Crippen molar-refractivity contribution < 1.29 is 14.7 Å². The lowest BCUT2D eigenvalue weighted by Gasteiger charge is -2.54. The number of rotatable bonds is 2. The number of Topliss-reactive ketones (excluding diaryl/α,β-unsaturated/α-hetero) is 1. The molecule has 2 aliphatic carbocycles. The average molecular weight is 314 g/mol. The molecule has 3 nitrogen and oxygen atoms in total. The third-order valence-electron chi connectivity index (χ3n) is 6.41. The van der Waals surface area contributed by atoms with Crippen LogP contribution in [0.1, 0.15) is 85.2 Å². The highest BCUT2D eigenvalue weighted by Crippen LogP contribution is 2.57. The molecule has 1 aromatic rings. The van der Waals surface area contributed by atoms with Crippen LogP contribution in [0.25, 0.3) is 0 Å². The number of ketones is 1. The average Bonchev–Trinajstić information content (AvgIpc) is 2.48. The molecule has 1 saturated carbocycles. The van der Waals surface area contributed by atoms with Crippen LogP contribution in [0.2, 0.25) is 0 Å². The van der Waals surface area contributed by atoms with Gasteiger partial charge in [-0.2, -0.15) is 0 Å². The first-order valence-corrected chi connectivity index (χ1v) is 8.65. The highest BCUT2D eigenvalue weighted by atomic mass is 16.4. The van der Waals surface area contributed by atoms with E-state index in [1.165, 1.54) is 0 Å². The van der Waals surface area contributed by atoms with E-state index in [9.17, 15) is 14.7 Å². The first-order chi connectivity index (χ1) is 10.7. The van der Waals surface area contributed by atoms with Crippen LogP contribution < -0.4 is 0 Å². The van der Waals surface area contributed by atoms with Crippen molar-refractivity contribution in [3.63, 3.8) is 0 Å². The molecule has 3 rings (SSSR count). The fraction of sp³-hybridized carbons (Fsp3) is 0.600. The van der Waals surface area contributed by atoms with Gasteiger partial charge in [0.2, 0.25) is 0 Å². The summed E-state index contributed by atoms with van der Waals surface area (Å²) in [5.74, 6) is -0.463. The lowest BCUT2D eigenvalue weighted by molar-refractivity contribution is 0.0367. The summed E-state index contributed by atoms with van der Waals surface area (Å²) >= 11 is 0. The zero-order valence-corrected chi connectivity index (χ0v) is 14.5. The largest absolute Gasteiger partial charge is 0.478 e. The Kier molecular flexibility index (Phi) is 3.66. The molecule has 1 N–H and O–H groups in total. The number of carboxylic acids is 1. The Hall–Kier alpha value is -1.64. The summed E-state index contributed by atoms with van der Waals surface area (Å²) in [6.07, 6.45) is 4.53. The number of hydrogen-bond acceptors (Lipinski definition) is 2. The van der Waals surface area contributed by atoms with Gasteiger partial charge in [0.25, 0.3) is 0 Å². The van der Waals surface area contributed by atoms with Gasteiger partial charge in [-0.15, -0.1) is 0 Å². The van der Waals surface area contributed by atoms with E-state index >= 15 is 0 Å². The van der Waals surface area contributed by atoms with Gasteiger partial charge in [0, 0.05) is 12.0 Å². The van der Waals surface area contributed by atoms with Gasteiger partial charge < -0.3 is 5.11 Å². The summed E-state index contributed by atoms with van der Waals surface area (Å²) in [5.41, 5.74) is 2.95. The monoisotopic (exact) mass is 314 g/mol. The highest BCUT2D eigenvalue weighted by Gasteiger charge is 2.52. The molecule has 0 heterocycles. The molecule has 0 aliphatic heterocycles. The quantitative estimate of drug-likeness (QED) is 0.866. The summed E-state index contributed by atoms with van der Waals surface area (Å²) < 4.78 is 0. The Balaban J connectivity index is 2.26. The molecule has 0 radical (unpaired) electrons. The summed E-state index contributed by atoms with van der Waals surface area (Å²) in [7, 11) is 0. The second-order valence-electron chi connectivity index (χ2n) is 8.11. The van der Waals surface area contributed by atoms with Crippen LogP contribution in [0.4, 0.5) is 0 Å². The molecular formula is C20H26O3. The Morgan fingerprint density at radius 3 is 2.57 bits per heavy atom. The minimum atomic E-state index is -0.936. The van der Waals surface area contributed by atoms with Crippen molar-refractivity contribution in [3.05, 3.63) is 34.4 Å². The summed E-state index contributed by atoms with van der Waals surface area (Å²) in [5, 5.41) is 9.45. The van der Waals surface area contributed by atoms with E-state index < -0.39 is 5.97 Å². The summed E-state index contributed by atoms with van der Waals surface area (Å²) in [6.45, 7) is 8.78. The van der Waals surface area contributed by atoms with Crippen molar-refractivity contribution in [3.8, 4) is 0 Å². The van der Waals surface area contributed by atoms with Gasteiger partial charge in [-0.25, -0.2) is 4.79 Å². The van der Waals surface area contributed by atoms with Crippen molar-refractivity contribution in [2.45, 2.75) is 65.2 Å². The molecule has 0 spiro atoms. The Morgan fingerprint density at radius 1 is 1.26 bits per heavy atom. The van der Waals surface area contributed by atoms with Crippen LogP contribution >= 0.6 is 0 Å². The lowest BCUT2D eigenvalue weighted by atomic mass is 9.50. The lowest BCUT2D eigenvalue weighted by Crippen LogP contribution is -2.49. The molecule has 124 valence electrons. The van der Waals surface area contributed by atoms with Gasteiger partial charge in [-0.3, -0.25) is 4.79 Å². The van der Waals surface area contributed by atoms with Crippen molar-refractivity contribution >= 4 is 11.8 Å². The maximum Gasteiger partial charge on any atom is 0.335 e. The van der Waals surface area contributed by atoms with E-state index in [2.05, 4.69) is 20.8 Å². The van der Waals surface area contributed by atoms with E-state index in [1.54, 1.807) is 6.07 Å². The Labute approximate surface area is 138 Å². The number of aromatic carboxylic acids is 1. The van der Waals surface area contributed by atoms with Crippen LogP contribution in [0.3, 0.4) is 0 Å². The number of benzene rings is 1. The molecule has 23 heavy (non-hydrogen) atoms. The fourth-order valence-electron chi connectivity index (χ4n) is 5.24. The predicted octanol–water partition coefficient (Wildman–Crippen LogP) is 4.62. The predicted molar refractivity (Wildman–Crippen MR) is 90.2 cm³/mol. The number of fused-ring (bicyclic) bond motifs is 3. The highest BCUT2D eigenvalue weighted by molar-refractivity contribution is 6.04. The van der Waals surface area contributed by atoms with Crippen LogP contribution in [0.5, 0.6) is 0 Å². The van der Waals surface area contributed by atoms with Gasteiger partial charge in [0.15, 0.2) is 5.78 Å². The molecule has 0 amide bonds. The molecular weight excluding hydrogens is 288 g/mol. The molecule has 2 atom stereocenters. The number of hydrogen-bond donors (Lipinski definition) is 1. The molecule has 3 heteroatoms. The van der Waals surface area contributed by atoms with Crippen LogP contribution in [0, 0.1) is 11.3 Å². The third kappa shape index (κ3) is 2.24. The number of carbonyl (C=O) groups excluding carboxylic acids is 1. The first kappa shape index (κ1) is 16.2. The number of carboxylic acid groups (broad SMARTS) is 1. The van der Waals surface area contributed by atoms with Crippen molar-refractivity contribution in [1.29, 1.82) is 0 Å². The van der Waals surface area contributed by atoms with E-state index in [0.717, 1.165) is 30.4 Å². The molecule has 0 saturated heterocycles.